The summed E-state index contributed by atoms with van der Waals surface area (Å²) in [6, 6.07) is 14.8. The van der Waals surface area contributed by atoms with E-state index in [2.05, 4.69) is 5.32 Å². The van der Waals surface area contributed by atoms with Crippen molar-refractivity contribution in [2.24, 2.45) is 0 Å². The van der Waals surface area contributed by atoms with Crippen LogP contribution in [0.2, 0.25) is 5.02 Å². The summed E-state index contributed by atoms with van der Waals surface area (Å²) in [6.45, 7) is 6.85. The molecule has 0 saturated heterocycles. The number of rotatable bonds is 13. The highest BCUT2D eigenvalue weighted by Crippen LogP contribution is 2.38. The number of nitrogens with one attached hydrogen (secondary N) is 1. The molecule has 3 aromatic rings. The molecule has 1 atom stereocenters. The van der Waals surface area contributed by atoms with Crippen molar-refractivity contribution >= 4 is 39.1 Å². The Hall–Kier alpha value is -3.57. The Kier molecular flexibility index (Phi) is 11.9. The fourth-order valence-corrected chi connectivity index (χ4v) is 6.32. The van der Waals surface area contributed by atoms with Crippen LogP contribution in [-0.4, -0.2) is 44.3 Å². The fraction of sp³-hybridized carbons (Fsp3) is 0.375. The summed E-state index contributed by atoms with van der Waals surface area (Å²) in [4.78, 5) is 28.5. The maximum atomic E-state index is 14.1. The van der Waals surface area contributed by atoms with Crippen molar-refractivity contribution in [2.45, 2.75) is 70.6 Å². The number of anilines is 1. The molecule has 0 unspecified atom stereocenters. The van der Waals surface area contributed by atoms with E-state index in [-0.39, 0.29) is 17.9 Å². The molecule has 0 radical (unpaired) electrons. The van der Waals surface area contributed by atoms with Crippen molar-refractivity contribution in [1.29, 1.82) is 0 Å². The predicted molar refractivity (Wildman–Crippen MR) is 166 cm³/mol. The second-order valence-corrected chi connectivity index (χ2v) is 12.8. The van der Waals surface area contributed by atoms with Gasteiger partial charge in [0, 0.05) is 13.1 Å². The summed E-state index contributed by atoms with van der Waals surface area (Å²) in [5, 5.41) is 2.22. The minimum atomic E-state index is -4.88. The van der Waals surface area contributed by atoms with Gasteiger partial charge in [-0.3, -0.25) is 13.9 Å². The van der Waals surface area contributed by atoms with Crippen LogP contribution in [-0.2, 0) is 32.3 Å². The Morgan fingerprint density at radius 2 is 1.64 bits per heavy atom. The van der Waals surface area contributed by atoms with Crippen molar-refractivity contribution < 1.29 is 31.2 Å². The average Bonchev–Trinajstić information content (AvgIpc) is 2.96. The van der Waals surface area contributed by atoms with E-state index in [0.29, 0.717) is 22.5 Å². The molecule has 3 aromatic carbocycles. The third-order valence-corrected chi connectivity index (χ3v) is 9.20. The van der Waals surface area contributed by atoms with Crippen LogP contribution in [0.3, 0.4) is 0 Å². The largest absolute Gasteiger partial charge is 0.417 e. The first-order chi connectivity index (χ1) is 20.7. The van der Waals surface area contributed by atoms with E-state index in [1.54, 1.807) is 38.1 Å². The van der Waals surface area contributed by atoms with E-state index in [1.807, 2.05) is 26.0 Å². The number of halogens is 4. The molecule has 1 N–H and O–H groups in total. The summed E-state index contributed by atoms with van der Waals surface area (Å²) in [5.74, 6) is -1.16. The molecule has 2 amide bonds. The van der Waals surface area contributed by atoms with Gasteiger partial charge in [-0.05, 0) is 62.6 Å². The van der Waals surface area contributed by atoms with Crippen LogP contribution < -0.4 is 9.62 Å². The second-order valence-electron chi connectivity index (χ2n) is 10.6. The standard InChI is InChI=1S/C32H37ClF3N3O4S/c1-5-7-17-37-31(41)29(6-2)38(20-24-10-8-9-23(4)18-24)30(40)21-39(44(42,43)26-14-11-22(3)12-15-26)25-13-16-28(33)27(19-25)32(34,35)36/h8-16,18-19,29H,5-7,17,20-21H2,1-4H3,(H,37,41)/t29-/m0/s1. The number of hydrogen-bond acceptors (Lipinski definition) is 4. The predicted octanol–water partition coefficient (Wildman–Crippen LogP) is 6.89. The van der Waals surface area contributed by atoms with Crippen molar-refractivity contribution in [3.63, 3.8) is 0 Å². The lowest BCUT2D eigenvalue weighted by Gasteiger charge is -2.33. The third kappa shape index (κ3) is 8.75. The number of hydrogen-bond donors (Lipinski definition) is 1. The van der Waals surface area contributed by atoms with Gasteiger partial charge < -0.3 is 10.2 Å². The minimum absolute atomic E-state index is 0.0208. The summed E-state index contributed by atoms with van der Waals surface area (Å²) >= 11 is 5.83. The number of aryl methyl sites for hydroxylation is 2. The molecule has 0 aliphatic heterocycles. The van der Waals surface area contributed by atoms with Gasteiger partial charge in [-0.15, -0.1) is 0 Å². The molecule has 44 heavy (non-hydrogen) atoms. The van der Waals surface area contributed by atoms with Gasteiger partial charge in [0.25, 0.3) is 10.0 Å². The molecule has 0 fully saturated rings. The minimum Gasteiger partial charge on any atom is -0.354 e. The van der Waals surface area contributed by atoms with Crippen LogP contribution in [0, 0.1) is 13.8 Å². The van der Waals surface area contributed by atoms with E-state index in [4.69, 9.17) is 11.6 Å². The highest BCUT2D eigenvalue weighted by molar-refractivity contribution is 7.92. The van der Waals surface area contributed by atoms with Crippen LogP contribution in [0.1, 0.15) is 55.4 Å². The lowest BCUT2D eigenvalue weighted by molar-refractivity contribution is -0.140. The van der Waals surface area contributed by atoms with Crippen LogP contribution in [0.25, 0.3) is 0 Å². The zero-order valence-electron chi connectivity index (χ0n) is 25.1. The summed E-state index contributed by atoms with van der Waals surface area (Å²) in [7, 11) is -4.55. The van der Waals surface area contributed by atoms with Crippen molar-refractivity contribution in [2.75, 3.05) is 17.4 Å². The maximum absolute atomic E-state index is 14.1. The number of carbonyl (C=O) groups excluding carboxylic acids is 2. The van der Waals surface area contributed by atoms with E-state index in [1.165, 1.54) is 17.0 Å². The van der Waals surface area contributed by atoms with E-state index >= 15 is 0 Å². The van der Waals surface area contributed by atoms with Gasteiger partial charge in [-0.1, -0.05) is 79.4 Å². The number of alkyl halides is 3. The van der Waals surface area contributed by atoms with Gasteiger partial charge in [0.15, 0.2) is 0 Å². The molecule has 0 aromatic heterocycles. The van der Waals surface area contributed by atoms with Gasteiger partial charge in [0.2, 0.25) is 11.8 Å². The molecule has 0 bridgehead atoms. The topological polar surface area (TPSA) is 86.8 Å². The first-order valence-electron chi connectivity index (χ1n) is 14.3. The van der Waals surface area contributed by atoms with Gasteiger partial charge in [0.1, 0.15) is 12.6 Å². The van der Waals surface area contributed by atoms with E-state index < -0.39 is 56.9 Å². The maximum Gasteiger partial charge on any atom is 0.417 e. The Bertz CT molecular complexity index is 1560. The molecular formula is C32H37ClF3N3O4S. The lowest BCUT2D eigenvalue weighted by atomic mass is 10.1. The van der Waals surface area contributed by atoms with Gasteiger partial charge in [-0.25, -0.2) is 8.42 Å². The summed E-state index contributed by atoms with van der Waals surface area (Å²) in [6.07, 6.45) is -3.08. The summed E-state index contributed by atoms with van der Waals surface area (Å²) in [5.41, 5.74) is 0.747. The third-order valence-electron chi connectivity index (χ3n) is 7.08. The second kappa shape index (κ2) is 14.9. The number of amides is 2. The van der Waals surface area contributed by atoms with Gasteiger partial charge in [-0.2, -0.15) is 13.2 Å². The molecule has 7 nitrogen and oxygen atoms in total. The molecule has 0 aliphatic rings. The molecule has 0 heterocycles. The van der Waals surface area contributed by atoms with Crippen molar-refractivity contribution in [3.05, 3.63) is 94.0 Å². The van der Waals surface area contributed by atoms with Crippen LogP contribution in [0.4, 0.5) is 18.9 Å². The number of carbonyl (C=O) groups is 2. The first-order valence-corrected chi connectivity index (χ1v) is 16.1. The molecular weight excluding hydrogens is 615 g/mol. The molecule has 0 aliphatic carbocycles. The fourth-order valence-electron chi connectivity index (χ4n) is 4.68. The number of sulfonamides is 1. The molecule has 0 spiro atoms. The van der Waals surface area contributed by atoms with Crippen LogP contribution in [0.15, 0.2) is 71.6 Å². The number of unbranched alkanes of at least 4 members (excludes halogenated alkanes) is 1. The van der Waals surface area contributed by atoms with Gasteiger partial charge >= 0.3 is 6.18 Å². The smallest absolute Gasteiger partial charge is 0.354 e. The highest BCUT2D eigenvalue weighted by Gasteiger charge is 2.37. The summed E-state index contributed by atoms with van der Waals surface area (Å²) < 4.78 is 70.0. The zero-order valence-corrected chi connectivity index (χ0v) is 26.7. The average molecular weight is 652 g/mol. The zero-order chi connectivity index (χ0) is 32.7. The van der Waals surface area contributed by atoms with E-state index in [0.717, 1.165) is 36.1 Å². The Morgan fingerprint density at radius 1 is 0.955 bits per heavy atom. The van der Waals surface area contributed by atoms with E-state index in [9.17, 15) is 31.2 Å². The Labute approximate surface area is 262 Å². The highest BCUT2D eigenvalue weighted by atomic mass is 35.5. The normalized spacial score (nSPS) is 12.5. The first kappa shape index (κ1) is 34.9. The van der Waals surface area contributed by atoms with Crippen LogP contribution in [0.5, 0.6) is 0 Å². The lowest BCUT2D eigenvalue weighted by Crippen LogP contribution is -2.52. The molecule has 0 saturated carbocycles. The number of nitrogens with zero attached hydrogens (tertiary/aromatic N) is 2. The quantitative estimate of drug-likeness (QED) is 0.204. The number of benzene rings is 3. The Balaban J connectivity index is 2.13. The molecule has 12 heteroatoms. The SMILES string of the molecule is CCCCNC(=O)[C@H](CC)N(Cc1cccc(C)c1)C(=O)CN(c1ccc(Cl)c(C(F)(F)F)c1)S(=O)(=O)c1ccc(C)cc1. The molecule has 238 valence electrons. The van der Waals surface area contributed by atoms with Crippen molar-refractivity contribution in [3.8, 4) is 0 Å². The van der Waals surface area contributed by atoms with Gasteiger partial charge in [0.05, 0.1) is 21.2 Å². The molecule has 3 rings (SSSR count). The monoisotopic (exact) mass is 651 g/mol. The van der Waals surface area contributed by atoms with Crippen LogP contribution >= 0.6 is 11.6 Å². The van der Waals surface area contributed by atoms with Crippen molar-refractivity contribution in [1.82, 2.24) is 10.2 Å². The Morgan fingerprint density at radius 3 is 2.23 bits per heavy atom.